The van der Waals surface area contributed by atoms with Crippen LogP contribution in [0.15, 0.2) is 24.3 Å². The van der Waals surface area contributed by atoms with Crippen molar-refractivity contribution < 1.29 is 14.3 Å². The van der Waals surface area contributed by atoms with E-state index in [1.807, 2.05) is 32.0 Å². The number of Topliss-reactive ketones (excluding diaryl/α,β-unsaturated/α-hetero) is 1. The van der Waals surface area contributed by atoms with Gasteiger partial charge in [-0.25, -0.2) is 0 Å². The summed E-state index contributed by atoms with van der Waals surface area (Å²) in [6.07, 6.45) is 0. The van der Waals surface area contributed by atoms with E-state index in [0.717, 1.165) is 5.56 Å². The van der Waals surface area contributed by atoms with Gasteiger partial charge in [0, 0.05) is 11.5 Å². The maximum absolute atomic E-state index is 12.3. The van der Waals surface area contributed by atoms with E-state index in [9.17, 15) is 9.59 Å². The summed E-state index contributed by atoms with van der Waals surface area (Å²) in [6, 6.07) is 7.37. The Morgan fingerprint density at radius 1 is 1.29 bits per heavy atom. The van der Waals surface area contributed by atoms with Gasteiger partial charge in [-0.05, 0) is 11.0 Å². The number of ether oxygens (including phenoxy) is 1. The third-order valence-electron chi connectivity index (χ3n) is 4.47. The zero-order chi connectivity index (χ0) is 12.4. The second-order valence-corrected chi connectivity index (χ2v) is 5.36. The summed E-state index contributed by atoms with van der Waals surface area (Å²) in [7, 11) is 1.38. The fraction of sp³-hybridized carbons (Fsp3) is 0.429. The van der Waals surface area contributed by atoms with Crippen molar-refractivity contribution in [1.29, 1.82) is 0 Å². The Balaban J connectivity index is 2.28. The zero-order valence-electron chi connectivity index (χ0n) is 10.1. The summed E-state index contributed by atoms with van der Waals surface area (Å²) >= 11 is 0. The smallest absolute Gasteiger partial charge is 0.317 e. The van der Waals surface area contributed by atoms with Crippen LogP contribution in [0, 0.1) is 11.3 Å². The summed E-state index contributed by atoms with van der Waals surface area (Å²) in [5.74, 6) is -0.457. The molecule has 0 N–H and O–H groups in total. The Morgan fingerprint density at radius 3 is 2.59 bits per heavy atom. The molecule has 0 amide bonds. The predicted octanol–water partition coefficient (Wildman–Crippen LogP) is 1.95. The Labute approximate surface area is 99.8 Å². The molecule has 3 nitrogen and oxygen atoms in total. The number of carbonyl (C=O) groups is 2. The van der Waals surface area contributed by atoms with Crippen molar-refractivity contribution in [2.24, 2.45) is 11.3 Å². The molecule has 2 aliphatic carbocycles. The van der Waals surface area contributed by atoms with Gasteiger partial charge in [0.25, 0.3) is 0 Å². The van der Waals surface area contributed by atoms with Crippen LogP contribution in [0.4, 0.5) is 0 Å². The van der Waals surface area contributed by atoms with Gasteiger partial charge in [-0.3, -0.25) is 9.59 Å². The van der Waals surface area contributed by atoms with Gasteiger partial charge in [0.1, 0.15) is 5.41 Å². The maximum Gasteiger partial charge on any atom is 0.317 e. The standard InChI is InChI=1S/C14H14O3/c1-13(2)11-10(15)8-6-4-5-7-9(8)14(11,13)12(16)17-3/h4-7,11H,1-3H3/t11-,14-/m0/s1. The molecule has 0 aromatic heterocycles. The highest BCUT2D eigenvalue weighted by atomic mass is 16.5. The average molecular weight is 230 g/mol. The van der Waals surface area contributed by atoms with Crippen LogP contribution < -0.4 is 0 Å². The zero-order valence-corrected chi connectivity index (χ0v) is 10.1. The monoisotopic (exact) mass is 230 g/mol. The van der Waals surface area contributed by atoms with Gasteiger partial charge in [-0.15, -0.1) is 0 Å². The van der Waals surface area contributed by atoms with E-state index < -0.39 is 5.41 Å². The molecule has 0 radical (unpaired) electrons. The average Bonchev–Trinajstić information content (AvgIpc) is 2.70. The number of hydrogen-bond donors (Lipinski definition) is 0. The van der Waals surface area contributed by atoms with Crippen LogP contribution in [0.3, 0.4) is 0 Å². The SMILES string of the molecule is COC(=O)[C@]12c3ccccc3C(=O)[C@H]1C2(C)C. The van der Waals surface area contributed by atoms with Crippen molar-refractivity contribution in [3.63, 3.8) is 0 Å². The van der Waals surface area contributed by atoms with Gasteiger partial charge < -0.3 is 4.74 Å². The summed E-state index contributed by atoms with van der Waals surface area (Å²) in [5.41, 5.74) is 0.454. The quantitative estimate of drug-likeness (QED) is 0.692. The highest BCUT2D eigenvalue weighted by Gasteiger charge is 2.83. The van der Waals surface area contributed by atoms with Crippen molar-refractivity contribution in [3.8, 4) is 0 Å². The summed E-state index contributed by atoms with van der Waals surface area (Å²) in [5, 5.41) is 0. The minimum Gasteiger partial charge on any atom is -0.468 e. The first-order valence-electron chi connectivity index (χ1n) is 5.71. The highest BCUT2D eigenvalue weighted by molar-refractivity contribution is 6.15. The molecule has 0 bridgehead atoms. The molecule has 2 atom stereocenters. The lowest BCUT2D eigenvalue weighted by atomic mass is 9.86. The van der Waals surface area contributed by atoms with Gasteiger partial charge in [-0.2, -0.15) is 0 Å². The maximum atomic E-state index is 12.3. The lowest BCUT2D eigenvalue weighted by Gasteiger charge is -2.18. The van der Waals surface area contributed by atoms with Gasteiger partial charge in [0.2, 0.25) is 0 Å². The first kappa shape index (κ1) is 10.5. The van der Waals surface area contributed by atoms with Crippen LogP contribution >= 0.6 is 0 Å². The number of esters is 1. The minimum atomic E-state index is -0.741. The van der Waals surface area contributed by atoms with Crippen LogP contribution in [-0.4, -0.2) is 18.9 Å². The summed E-state index contributed by atoms with van der Waals surface area (Å²) < 4.78 is 4.93. The molecule has 1 saturated carbocycles. The highest BCUT2D eigenvalue weighted by Crippen LogP contribution is 2.74. The van der Waals surface area contributed by atoms with Gasteiger partial charge in [0.15, 0.2) is 5.78 Å². The van der Waals surface area contributed by atoms with E-state index >= 15 is 0 Å². The number of benzene rings is 1. The summed E-state index contributed by atoms with van der Waals surface area (Å²) in [4.78, 5) is 24.4. The van der Waals surface area contributed by atoms with Crippen LogP contribution in [-0.2, 0) is 14.9 Å². The molecule has 2 aliphatic rings. The van der Waals surface area contributed by atoms with E-state index in [-0.39, 0.29) is 23.1 Å². The molecule has 1 fully saturated rings. The Kier molecular flexibility index (Phi) is 1.72. The first-order valence-corrected chi connectivity index (χ1v) is 5.71. The van der Waals surface area contributed by atoms with Crippen molar-refractivity contribution in [3.05, 3.63) is 35.4 Å². The van der Waals surface area contributed by atoms with Crippen LogP contribution in [0.25, 0.3) is 0 Å². The molecular weight excluding hydrogens is 216 g/mol. The van der Waals surface area contributed by atoms with Crippen molar-refractivity contribution >= 4 is 11.8 Å². The van der Waals surface area contributed by atoms with Crippen molar-refractivity contribution in [2.45, 2.75) is 19.3 Å². The molecule has 17 heavy (non-hydrogen) atoms. The predicted molar refractivity (Wildman–Crippen MR) is 61.7 cm³/mol. The Morgan fingerprint density at radius 2 is 1.94 bits per heavy atom. The lowest BCUT2D eigenvalue weighted by molar-refractivity contribution is -0.144. The lowest BCUT2D eigenvalue weighted by Crippen LogP contribution is -2.27. The van der Waals surface area contributed by atoms with Crippen LogP contribution in [0.5, 0.6) is 0 Å². The molecule has 0 aliphatic heterocycles. The van der Waals surface area contributed by atoms with Crippen molar-refractivity contribution in [2.75, 3.05) is 7.11 Å². The van der Waals surface area contributed by atoms with Gasteiger partial charge >= 0.3 is 5.97 Å². The third-order valence-corrected chi connectivity index (χ3v) is 4.47. The van der Waals surface area contributed by atoms with Gasteiger partial charge in [0.05, 0.1) is 7.11 Å². The number of carbonyl (C=O) groups excluding carboxylic acids is 2. The topological polar surface area (TPSA) is 43.4 Å². The molecule has 1 aromatic carbocycles. The fourth-order valence-electron chi connectivity index (χ4n) is 3.64. The second kappa shape index (κ2) is 2.78. The van der Waals surface area contributed by atoms with E-state index in [0.29, 0.717) is 5.56 Å². The van der Waals surface area contributed by atoms with E-state index in [1.165, 1.54) is 7.11 Å². The Bertz CT molecular complexity index is 544. The Hall–Kier alpha value is -1.64. The molecule has 0 unspecified atom stereocenters. The summed E-state index contributed by atoms with van der Waals surface area (Å²) in [6.45, 7) is 3.92. The molecule has 1 aromatic rings. The molecule has 0 saturated heterocycles. The first-order chi connectivity index (χ1) is 7.99. The molecule has 88 valence electrons. The number of methoxy groups -OCH3 is 1. The van der Waals surface area contributed by atoms with E-state index in [1.54, 1.807) is 6.07 Å². The largest absolute Gasteiger partial charge is 0.468 e. The fourth-order valence-corrected chi connectivity index (χ4v) is 3.64. The van der Waals surface area contributed by atoms with E-state index in [4.69, 9.17) is 4.74 Å². The number of hydrogen-bond acceptors (Lipinski definition) is 3. The normalized spacial score (nSPS) is 31.7. The molecule has 0 heterocycles. The number of fused-ring (bicyclic) bond motifs is 3. The van der Waals surface area contributed by atoms with E-state index in [2.05, 4.69) is 0 Å². The van der Waals surface area contributed by atoms with Crippen LogP contribution in [0.1, 0.15) is 29.8 Å². The molecule has 3 rings (SSSR count). The molecule has 0 spiro atoms. The van der Waals surface area contributed by atoms with Gasteiger partial charge in [-0.1, -0.05) is 38.1 Å². The third kappa shape index (κ3) is 0.865. The van der Waals surface area contributed by atoms with Crippen LogP contribution in [0.2, 0.25) is 0 Å². The minimum absolute atomic E-state index is 0.0796. The second-order valence-electron chi connectivity index (χ2n) is 5.36. The van der Waals surface area contributed by atoms with Crippen molar-refractivity contribution in [1.82, 2.24) is 0 Å². The number of ketones is 1. The molecular formula is C14H14O3. The molecule has 3 heteroatoms. The number of rotatable bonds is 1.